The minimum atomic E-state index is 0.678. The fraction of sp³-hybridized carbons (Fsp3) is 0.733. The number of morpholine rings is 1. The second kappa shape index (κ2) is 8.60. The van der Waals surface area contributed by atoms with Gasteiger partial charge >= 0.3 is 0 Å². The van der Waals surface area contributed by atoms with E-state index in [9.17, 15) is 0 Å². The summed E-state index contributed by atoms with van der Waals surface area (Å²) in [5.74, 6) is 1.76. The third kappa shape index (κ3) is 5.77. The fourth-order valence-corrected chi connectivity index (χ4v) is 2.86. The molecule has 0 spiro atoms. The lowest BCUT2D eigenvalue weighted by Crippen LogP contribution is -2.36. The largest absolute Gasteiger partial charge is 0.379 e. The van der Waals surface area contributed by atoms with E-state index in [0.29, 0.717) is 5.92 Å². The Morgan fingerprint density at radius 2 is 1.95 bits per heavy atom. The first-order valence-corrected chi connectivity index (χ1v) is 8.46. The van der Waals surface area contributed by atoms with Crippen LogP contribution in [0, 0.1) is 5.92 Å². The van der Waals surface area contributed by atoms with E-state index in [-0.39, 0.29) is 0 Å². The monoisotopic (exact) mass is 295 g/mol. The number of rotatable bonds is 7. The van der Waals surface area contributed by atoms with Crippen molar-refractivity contribution < 1.29 is 4.74 Å². The van der Waals surface area contributed by atoms with E-state index in [1.165, 1.54) is 12.0 Å². The Kier molecular flexibility index (Phi) is 6.76. The van der Waals surface area contributed by atoms with E-state index < -0.39 is 0 Å². The first-order valence-electron chi connectivity index (χ1n) is 7.48. The summed E-state index contributed by atoms with van der Waals surface area (Å²) in [6.07, 6.45) is 6.19. The first kappa shape index (κ1) is 15.7. The number of nitrogens with zero attached hydrogens (tertiary/aromatic N) is 3. The summed E-state index contributed by atoms with van der Waals surface area (Å²) >= 11 is 1.74. The summed E-state index contributed by atoms with van der Waals surface area (Å²) in [6.45, 7) is 9.48. The molecule has 0 saturated carbocycles. The van der Waals surface area contributed by atoms with Crippen molar-refractivity contribution in [3.63, 3.8) is 0 Å². The molecule has 0 radical (unpaired) electrons. The second-order valence-corrected chi connectivity index (χ2v) is 6.62. The predicted molar refractivity (Wildman–Crippen MR) is 83.2 cm³/mol. The summed E-state index contributed by atoms with van der Waals surface area (Å²) in [5.41, 5.74) is 1.24. The highest BCUT2D eigenvalue weighted by molar-refractivity contribution is 7.99. The molecule has 1 aliphatic heterocycles. The summed E-state index contributed by atoms with van der Waals surface area (Å²) in [5, 5.41) is 0.899. The second-order valence-electron chi connectivity index (χ2n) is 5.64. The third-order valence-corrected chi connectivity index (χ3v) is 4.57. The Morgan fingerprint density at radius 1 is 1.25 bits per heavy atom. The van der Waals surface area contributed by atoms with Gasteiger partial charge in [-0.05, 0) is 30.9 Å². The molecule has 0 amide bonds. The SMILES string of the molecule is CC(C)CSc1ncc(CCCN2CCOCC2)cn1. The molecule has 0 N–H and O–H groups in total. The molecule has 0 bridgehead atoms. The van der Waals surface area contributed by atoms with Gasteiger partial charge in [-0.25, -0.2) is 9.97 Å². The molecule has 20 heavy (non-hydrogen) atoms. The summed E-state index contributed by atoms with van der Waals surface area (Å²) < 4.78 is 5.35. The molecule has 1 aromatic rings. The molecular formula is C15H25N3OS. The van der Waals surface area contributed by atoms with Crippen LogP contribution in [0.5, 0.6) is 0 Å². The number of hydrogen-bond donors (Lipinski definition) is 0. The van der Waals surface area contributed by atoms with Crippen molar-refractivity contribution in [3.8, 4) is 0 Å². The van der Waals surface area contributed by atoms with E-state index in [0.717, 1.165) is 50.2 Å². The van der Waals surface area contributed by atoms with Crippen molar-refractivity contribution in [3.05, 3.63) is 18.0 Å². The molecule has 0 aliphatic carbocycles. The highest BCUT2D eigenvalue weighted by atomic mass is 32.2. The molecule has 5 heteroatoms. The molecular weight excluding hydrogens is 270 g/mol. The number of aryl methyl sites for hydroxylation is 1. The van der Waals surface area contributed by atoms with E-state index in [4.69, 9.17) is 4.74 Å². The van der Waals surface area contributed by atoms with E-state index in [2.05, 4.69) is 28.7 Å². The fourth-order valence-electron chi connectivity index (χ4n) is 2.12. The predicted octanol–water partition coefficient (Wildman–Crippen LogP) is 2.49. The van der Waals surface area contributed by atoms with Crippen LogP contribution in [0.25, 0.3) is 0 Å². The molecule has 1 aromatic heterocycles. The van der Waals surface area contributed by atoms with Crippen LogP contribution in [0.3, 0.4) is 0 Å². The zero-order valence-corrected chi connectivity index (χ0v) is 13.4. The maximum absolute atomic E-state index is 5.35. The number of hydrogen-bond acceptors (Lipinski definition) is 5. The van der Waals surface area contributed by atoms with Crippen LogP contribution in [-0.4, -0.2) is 53.5 Å². The van der Waals surface area contributed by atoms with Gasteiger partial charge in [0.15, 0.2) is 5.16 Å². The van der Waals surface area contributed by atoms with Crippen LogP contribution >= 0.6 is 11.8 Å². The van der Waals surface area contributed by atoms with Gasteiger partial charge in [0.25, 0.3) is 0 Å². The van der Waals surface area contributed by atoms with Crippen LogP contribution in [0.2, 0.25) is 0 Å². The molecule has 0 atom stereocenters. The van der Waals surface area contributed by atoms with Gasteiger partial charge < -0.3 is 4.74 Å². The topological polar surface area (TPSA) is 38.2 Å². The summed E-state index contributed by atoms with van der Waals surface area (Å²) in [6, 6.07) is 0. The molecule has 0 unspecified atom stereocenters. The van der Waals surface area contributed by atoms with Crippen molar-refractivity contribution in [1.29, 1.82) is 0 Å². The minimum absolute atomic E-state index is 0.678. The zero-order valence-electron chi connectivity index (χ0n) is 12.5. The Bertz CT molecular complexity index is 377. The van der Waals surface area contributed by atoms with Crippen molar-refractivity contribution in [2.45, 2.75) is 31.8 Å². The lowest BCUT2D eigenvalue weighted by atomic mass is 10.2. The van der Waals surface area contributed by atoms with Gasteiger partial charge in [0.1, 0.15) is 0 Å². The number of aromatic nitrogens is 2. The molecule has 2 heterocycles. The van der Waals surface area contributed by atoms with E-state index in [1.54, 1.807) is 11.8 Å². The first-order chi connectivity index (χ1) is 9.74. The summed E-state index contributed by atoms with van der Waals surface area (Å²) in [7, 11) is 0. The average Bonchev–Trinajstić information content (AvgIpc) is 2.47. The Labute approximate surface area is 126 Å². The maximum atomic E-state index is 5.35. The van der Waals surface area contributed by atoms with Crippen molar-refractivity contribution >= 4 is 11.8 Å². The van der Waals surface area contributed by atoms with Crippen LogP contribution in [0.15, 0.2) is 17.6 Å². The quantitative estimate of drug-likeness (QED) is 0.571. The Hall–Kier alpha value is -0.650. The van der Waals surface area contributed by atoms with Gasteiger partial charge in [-0.3, -0.25) is 4.90 Å². The van der Waals surface area contributed by atoms with Crippen LogP contribution in [0.4, 0.5) is 0 Å². The van der Waals surface area contributed by atoms with Crippen LogP contribution < -0.4 is 0 Å². The van der Waals surface area contributed by atoms with Gasteiger partial charge in [0, 0.05) is 31.2 Å². The smallest absolute Gasteiger partial charge is 0.187 e. The number of thioether (sulfide) groups is 1. The van der Waals surface area contributed by atoms with Gasteiger partial charge in [-0.2, -0.15) is 0 Å². The standard InChI is InChI=1S/C15H25N3OS/c1-13(2)12-20-15-16-10-14(11-17-15)4-3-5-18-6-8-19-9-7-18/h10-11,13H,3-9,12H2,1-2H3. The zero-order chi connectivity index (χ0) is 14.2. The lowest BCUT2D eigenvalue weighted by Gasteiger charge is -2.26. The normalized spacial score (nSPS) is 16.8. The average molecular weight is 295 g/mol. The minimum Gasteiger partial charge on any atom is -0.379 e. The van der Waals surface area contributed by atoms with E-state index in [1.807, 2.05) is 12.4 Å². The van der Waals surface area contributed by atoms with Crippen molar-refractivity contribution in [2.24, 2.45) is 5.92 Å². The van der Waals surface area contributed by atoms with Gasteiger partial charge in [-0.15, -0.1) is 0 Å². The lowest BCUT2D eigenvalue weighted by molar-refractivity contribution is 0.0374. The van der Waals surface area contributed by atoms with Crippen molar-refractivity contribution in [2.75, 3.05) is 38.6 Å². The Balaban J connectivity index is 1.67. The van der Waals surface area contributed by atoms with Gasteiger partial charge in [0.2, 0.25) is 0 Å². The molecule has 4 nitrogen and oxygen atoms in total. The van der Waals surface area contributed by atoms with Gasteiger partial charge in [0.05, 0.1) is 13.2 Å². The third-order valence-electron chi connectivity index (χ3n) is 3.27. The number of ether oxygens (including phenoxy) is 1. The molecule has 1 fully saturated rings. The van der Waals surface area contributed by atoms with Gasteiger partial charge in [-0.1, -0.05) is 25.6 Å². The highest BCUT2D eigenvalue weighted by Gasteiger charge is 2.09. The molecule has 1 aliphatic rings. The summed E-state index contributed by atoms with van der Waals surface area (Å²) in [4.78, 5) is 11.3. The van der Waals surface area contributed by atoms with Crippen LogP contribution in [-0.2, 0) is 11.2 Å². The molecule has 0 aromatic carbocycles. The molecule has 112 valence electrons. The van der Waals surface area contributed by atoms with Crippen molar-refractivity contribution in [1.82, 2.24) is 14.9 Å². The van der Waals surface area contributed by atoms with E-state index >= 15 is 0 Å². The Morgan fingerprint density at radius 3 is 2.60 bits per heavy atom. The molecule has 1 saturated heterocycles. The molecule has 2 rings (SSSR count). The highest BCUT2D eigenvalue weighted by Crippen LogP contribution is 2.16. The maximum Gasteiger partial charge on any atom is 0.187 e. The van der Waals surface area contributed by atoms with Crippen LogP contribution in [0.1, 0.15) is 25.8 Å².